The maximum absolute atomic E-state index is 12.2. The van der Waals surface area contributed by atoms with Gasteiger partial charge in [0.1, 0.15) is 5.75 Å². The monoisotopic (exact) mass is 234 g/mol. The van der Waals surface area contributed by atoms with Gasteiger partial charge in [-0.1, -0.05) is 0 Å². The first-order chi connectivity index (χ1) is 8.07. The summed E-state index contributed by atoms with van der Waals surface area (Å²) in [5.74, 6) is 0.736. The average molecular weight is 234 g/mol. The van der Waals surface area contributed by atoms with E-state index in [1.165, 1.54) is 0 Å². The number of Topliss-reactive ketones (excluding diaryl/α,β-unsaturated/α-hetero) is 1. The third kappa shape index (κ3) is 2.47. The van der Waals surface area contributed by atoms with E-state index < -0.39 is 0 Å². The van der Waals surface area contributed by atoms with Gasteiger partial charge in [-0.15, -0.1) is 0 Å². The van der Waals surface area contributed by atoms with E-state index in [1.807, 2.05) is 13.8 Å². The topological polar surface area (TPSA) is 65.2 Å². The number of nitrogens with two attached hydrogens (primary N) is 1. The fourth-order valence-corrected chi connectivity index (χ4v) is 1.86. The number of rotatable bonds is 5. The zero-order chi connectivity index (χ0) is 12.5. The average Bonchev–Trinajstić information content (AvgIpc) is 3.08. The van der Waals surface area contributed by atoms with Crippen molar-refractivity contribution in [2.45, 2.75) is 32.8 Å². The normalized spacial score (nSPS) is 16.9. The third-order valence-corrected chi connectivity index (χ3v) is 3.07. The summed E-state index contributed by atoms with van der Waals surface area (Å²) < 4.78 is 5.53. The molecule has 1 aliphatic carbocycles. The summed E-state index contributed by atoms with van der Waals surface area (Å²) in [5.41, 5.74) is 5.93. The molecule has 0 spiro atoms. The number of pyridine rings is 1. The van der Waals surface area contributed by atoms with Crippen LogP contribution in [0.2, 0.25) is 0 Å². The summed E-state index contributed by atoms with van der Waals surface area (Å²) in [6, 6.07) is 1.76. The van der Waals surface area contributed by atoms with Crippen LogP contribution in [0, 0.1) is 5.41 Å². The van der Waals surface area contributed by atoms with E-state index in [9.17, 15) is 4.79 Å². The van der Waals surface area contributed by atoms with E-state index in [4.69, 9.17) is 10.5 Å². The fraction of sp³-hybridized carbons (Fsp3) is 0.538. The molecule has 4 nitrogen and oxygen atoms in total. The molecular weight excluding hydrogens is 216 g/mol. The second kappa shape index (κ2) is 4.45. The first kappa shape index (κ1) is 12.0. The lowest BCUT2D eigenvalue weighted by Crippen LogP contribution is -2.25. The first-order valence-electron chi connectivity index (χ1n) is 5.94. The quantitative estimate of drug-likeness (QED) is 0.789. The number of carbonyl (C=O) groups excluding carboxylic acids is 1. The van der Waals surface area contributed by atoms with Crippen LogP contribution in [0.5, 0.6) is 5.75 Å². The highest BCUT2D eigenvalue weighted by Gasteiger charge is 2.48. The van der Waals surface area contributed by atoms with Crippen LogP contribution in [-0.2, 0) is 0 Å². The van der Waals surface area contributed by atoms with Crippen LogP contribution in [0.4, 0.5) is 0 Å². The van der Waals surface area contributed by atoms with Crippen molar-refractivity contribution >= 4 is 5.78 Å². The van der Waals surface area contributed by atoms with Gasteiger partial charge in [0.2, 0.25) is 0 Å². The van der Waals surface area contributed by atoms with E-state index in [0.29, 0.717) is 17.9 Å². The molecule has 1 aliphatic rings. The second-order valence-electron chi connectivity index (χ2n) is 4.89. The van der Waals surface area contributed by atoms with E-state index in [0.717, 1.165) is 12.8 Å². The van der Waals surface area contributed by atoms with Gasteiger partial charge in [-0.05, 0) is 32.8 Å². The van der Waals surface area contributed by atoms with Gasteiger partial charge in [0.05, 0.1) is 12.3 Å². The van der Waals surface area contributed by atoms with Gasteiger partial charge in [-0.25, -0.2) is 0 Å². The summed E-state index contributed by atoms with van der Waals surface area (Å²) in [6.45, 7) is 4.30. The number of hydrogen-bond acceptors (Lipinski definition) is 4. The summed E-state index contributed by atoms with van der Waals surface area (Å²) in [7, 11) is 0. The third-order valence-electron chi connectivity index (χ3n) is 3.07. The molecule has 0 amide bonds. The Kier molecular flexibility index (Phi) is 3.15. The van der Waals surface area contributed by atoms with Gasteiger partial charge < -0.3 is 10.5 Å². The molecule has 0 atom stereocenters. The Balaban J connectivity index is 2.19. The number of ketones is 1. The molecule has 1 fully saturated rings. The Morgan fingerprint density at radius 3 is 2.76 bits per heavy atom. The van der Waals surface area contributed by atoms with Crippen molar-refractivity contribution in [3.63, 3.8) is 0 Å². The van der Waals surface area contributed by atoms with Crippen LogP contribution < -0.4 is 10.5 Å². The van der Waals surface area contributed by atoms with E-state index >= 15 is 0 Å². The van der Waals surface area contributed by atoms with Crippen molar-refractivity contribution in [1.29, 1.82) is 0 Å². The van der Waals surface area contributed by atoms with Gasteiger partial charge in [-0.2, -0.15) is 0 Å². The maximum atomic E-state index is 12.2. The Morgan fingerprint density at radius 2 is 2.24 bits per heavy atom. The van der Waals surface area contributed by atoms with Crippen LogP contribution in [0.25, 0.3) is 0 Å². The Morgan fingerprint density at radius 1 is 1.53 bits per heavy atom. The summed E-state index contributed by atoms with van der Waals surface area (Å²) in [4.78, 5) is 16.3. The van der Waals surface area contributed by atoms with Gasteiger partial charge in [-0.3, -0.25) is 9.78 Å². The van der Waals surface area contributed by atoms with Gasteiger partial charge >= 0.3 is 0 Å². The van der Waals surface area contributed by atoms with Crippen molar-refractivity contribution in [1.82, 2.24) is 4.98 Å². The zero-order valence-corrected chi connectivity index (χ0v) is 10.3. The number of carbonyl (C=O) groups is 1. The summed E-state index contributed by atoms with van der Waals surface area (Å²) in [5, 5.41) is 0. The number of nitrogens with zero attached hydrogens (tertiary/aromatic N) is 1. The van der Waals surface area contributed by atoms with Crippen molar-refractivity contribution < 1.29 is 9.53 Å². The van der Waals surface area contributed by atoms with Crippen LogP contribution in [0.3, 0.4) is 0 Å². The second-order valence-corrected chi connectivity index (χ2v) is 4.89. The number of aromatic nitrogens is 1. The molecule has 1 aromatic rings. The zero-order valence-electron chi connectivity index (χ0n) is 10.3. The van der Waals surface area contributed by atoms with Crippen LogP contribution in [0.1, 0.15) is 37.0 Å². The minimum Gasteiger partial charge on any atom is -0.489 e. The minimum absolute atomic E-state index is 0.0755. The Labute approximate surface area is 101 Å². The summed E-state index contributed by atoms with van der Waals surface area (Å²) >= 11 is 0. The van der Waals surface area contributed by atoms with Gasteiger partial charge in [0, 0.05) is 23.7 Å². The molecule has 2 N–H and O–H groups in total. The van der Waals surface area contributed by atoms with Crippen molar-refractivity contribution in [2.75, 3.05) is 6.54 Å². The van der Waals surface area contributed by atoms with Crippen LogP contribution in [-0.4, -0.2) is 23.4 Å². The smallest absolute Gasteiger partial charge is 0.171 e. The lowest BCUT2D eigenvalue weighted by atomic mass is 9.96. The number of ether oxygens (including phenoxy) is 1. The summed E-state index contributed by atoms with van der Waals surface area (Å²) in [6.07, 6.45) is 5.06. The SMILES string of the molecule is CC(C)Oc1cncc(C(=O)C2(CN)CC2)c1. The van der Waals surface area contributed by atoms with E-state index in [1.54, 1.807) is 18.5 Å². The Bertz CT molecular complexity index is 425. The predicted molar refractivity (Wildman–Crippen MR) is 65.1 cm³/mol. The van der Waals surface area contributed by atoms with Crippen molar-refractivity contribution in [2.24, 2.45) is 11.1 Å². The lowest BCUT2D eigenvalue weighted by Gasteiger charge is -2.13. The Hall–Kier alpha value is -1.42. The molecule has 0 aliphatic heterocycles. The molecule has 17 heavy (non-hydrogen) atoms. The molecular formula is C13H18N2O2. The molecule has 0 bridgehead atoms. The highest BCUT2D eigenvalue weighted by molar-refractivity contribution is 6.02. The predicted octanol–water partition coefficient (Wildman–Crippen LogP) is 1.79. The minimum atomic E-state index is -0.321. The van der Waals surface area contributed by atoms with Crippen LogP contribution >= 0.6 is 0 Å². The fourth-order valence-electron chi connectivity index (χ4n) is 1.86. The molecule has 0 saturated heterocycles. The molecule has 1 saturated carbocycles. The molecule has 2 rings (SSSR count). The van der Waals surface area contributed by atoms with Crippen LogP contribution in [0.15, 0.2) is 18.5 Å². The van der Waals surface area contributed by atoms with E-state index in [-0.39, 0.29) is 17.3 Å². The molecule has 1 heterocycles. The molecule has 0 radical (unpaired) electrons. The highest BCUT2D eigenvalue weighted by atomic mass is 16.5. The first-order valence-corrected chi connectivity index (χ1v) is 5.94. The van der Waals surface area contributed by atoms with Gasteiger partial charge in [0.25, 0.3) is 0 Å². The molecule has 92 valence electrons. The lowest BCUT2D eigenvalue weighted by molar-refractivity contribution is 0.0904. The highest BCUT2D eigenvalue weighted by Crippen LogP contribution is 2.47. The van der Waals surface area contributed by atoms with Gasteiger partial charge in [0.15, 0.2) is 5.78 Å². The van der Waals surface area contributed by atoms with Crippen molar-refractivity contribution in [3.8, 4) is 5.75 Å². The molecule has 0 aromatic carbocycles. The standard InChI is InChI=1S/C13H18N2O2/c1-9(2)17-11-5-10(6-15-7-11)12(16)13(8-14)3-4-13/h5-7,9H,3-4,8,14H2,1-2H3. The molecule has 4 heteroatoms. The largest absolute Gasteiger partial charge is 0.489 e. The van der Waals surface area contributed by atoms with E-state index in [2.05, 4.69) is 4.98 Å². The van der Waals surface area contributed by atoms with Crippen molar-refractivity contribution in [3.05, 3.63) is 24.0 Å². The molecule has 1 aromatic heterocycles. The maximum Gasteiger partial charge on any atom is 0.171 e. The molecule has 0 unspecified atom stereocenters. The number of hydrogen-bond donors (Lipinski definition) is 1.